The molecule has 0 aliphatic carbocycles. The lowest BCUT2D eigenvalue weighted by Crippen LogP contribution is -2.59. The number of hydrogen-bond donors (Lipinski definition) is 4. The molecule has 0 aromatic rings. The fourth-order valence-electron chi connectivity index (χ4n) is 5.47. The Labute approximate surface area is 308 Å². The zero-order valence-corrected chi connectivity index (χ0v) is 31.6. The van der Waals surface area contributed by atoms with Crippen molar-refractivity contribution in [2.24, 2.45) is 0 Å². The summed E-state index contributed by atoms with van der Waals surface area (Å²) in [6, 6.07) is 0. The molecular weight excluding hydrogens is 652 g/mol. The van der Waals surface area contributed by atoms with Crippen LogP contribution >= 0.6 is 0 Å². The van der Waals surface area contributed by atoms with E-state index in [1.165, 1.54) is 32.1 Å². The Morgan fingerprint density at radius 3 is 1.76 bits per heavy atom. The van der Waals surface area contributed by atoms with Crippen LogP contribution in [0.5, 0.6) is 0 Å². The second-order valence-corrected chi connectivity index (χ2v) is 13.4. The zero-order chi connectivity index (χ0) is 37.4. The number of hydrogen-bond acceptors (Lipinski definition) is 10. The maximum absolute atomic E-state index is 12.7. The van der Waals surface area contributed by atoms with Crippen molar-refractivity contribution < 1.29 is 49.0 Å². The number of aliphatic hydroxyl groups excluding tert-OH is 4. The molecule has 2 unspecified atom stereocenters. The summed E-state index contributed by atoms with van der Waals surface area (Å²) in [4.78, 5) is 25.1. The summed E-state index contributed by atoms with van der Waals surface area (Å²) < 4.78 is 22.0. The minimum absolute atomic E-state index is 0.209. The topological polar surface area (TPSA) is 152 Å². The summed E-state index contributed by atoms with van der Waals surface area (Å²) in [6.07, 6.45) is 28.4. The Kier molecular flexibility index (Phi) is 29.6. The van der Waals surface area contributed by atoms with Gasteiger partial charge in [-0.05, 0) is 70.6 Å². The predicted molar refractivity (Wildman–Crippen MR) is 201 cm³/mol. The van der Waals surface area contributed by atoms with Gasteiger partial charge >= 0.3 is 11.9 Å². The van der Waals surface area contributed by atoms with E-state index in [0.717, 1.165) is 70.6 Å². The van der Waals surface area contributed by atoms with Gasteiger partial charge in [-0.1, -0.05) is 107 Å². The number of esters is 2. The van der Waals surface area contributed by atoms with Crippen molar-refractivity contribution >= 4 is 11.9 Å². The van der Waals surface area contributed by atoms with Gasteiger partial charge in [-0.25, -0.2) is 0 Å². The highest BCUT2D eigenvalue weighted by Crippen LogP contribution is 2.22. The summed E-state index contributed by atoms with van der Waals surface area (Å²) >= 11 is 0. The van der Waals surface area contributed by atoms with Gasteiger partial charge in [0.25, 0.3) is 0 Å². The van der Waals surface area contributed by atoms with E-state index in [9.17, 15) is 30.0 Å². The van der Waals surface area contributed by atoms with Crippen LogP contribution < -0.4 is 0 Å². The minimum atomic E-state index is -1.60. The number of aliphatic hydroxyl groups is 4. The Bertz CT molecular complexity index is 975. The molecule has 294 valence electrons. The van der Waals surface area contributed by atoms with Crippen molar-refractivity contribution in [2.45, 2.75) is 179 Å². The second-order valence-electron chi connectivity index (χ2n) is 13.4. The van der Waals surface area contributed by atoms with E-state index >= 15 is 0 Å². The molecule has 0 radical (unpaired) electrons. The SMILES string of the molecule is CCCC/C=C/CCCCCCCC(=O)O[C@@H](COC(=O)CCCC/C=C/C/C=C/C/C=C/CCCCC)CO[C@H]1O[C@@H](CO)[C@@H](O)C(O)C1O. The maximum Gasteiger partial charge on any atom is 0.306 e. The smallest absolute Gasteiger partial charge is 0.306 e. The molecule has 1 heterocycles. The van der Waals surface area contributed by atoms with E-state index in [2.05, 4.69) is 62.5 Å². The summed E-state index contributed by atoms with van der Waals surface area (Å²) in [5.74, 6) is -0.869. The highest BCUT2D eigenvalue weighted by molar-refractivity contribution is 5.70. The van der Waals surface area contributed by atoms with Crippen LogP contribution in [0.1, 0.15) is 142 Å². The molecule has 1 fully saturated rings. The molecule has 0 bridgehead atoms. The third-order valence-corrected chi connectivity index (χ3v) is 8.69. The average Bonchev–Trinajstić information content (AvgIpc) is 3.13. The van der Waals surface area contributed by atoms with Crippen LogP contribution in [0.15, 0.2) is 48.6 Å². The molecule has 10 heteroatoms. The van der Waals surface area contributed by atoms with Crippen LogP contribution in [-0.2, 0) is 28.5 Å². The van der Waals surface area contributed by atoms with Gasteiger partial charge in [0.1, 0.15) is 31.0 Å². The van der Waals surface area contributed by atoms with E-state index in [4.69, 9.17) is 18.9 Å². The monoisotopic (exact) mass is 722 g/mol. The molecule has 10 nitrogen and oxygen atoms in total. The highest BCUT2D eigenvalue weighted by Gasteiger charge is 2.44. The lowest BCUT2D eigenvalue weighted by molar-refractivity contribution is -0.305. The van der Waals surface area contributed by atoms with Crippen LogP contribution in [0.4, 0.5) is 0 Å². The van der Waals surface area contributed by atoms with E-state index < -0.39 is 55.4 Å². The molecule has 0 amide bonds. The van der Waals surface area contributed by atoms with Crippen LogP contribution in [0.25, 0.3) is 0 Å². The number of carbonyl (C=O) groups excluding carboxylic acids is 2. The lowest BCUT2D eigenvalue weighted by Gasteiger charge is -2.39. The van der Waals surface area contributed by atoms with Gasteiger partial charge in [-0.15, -0.1) is 0 Å². The predicted octanol–water partition coefficient (Wildman–Crippen LogP) is 7.32. The second kappa shape index (κ2) is 32.3. The van der Waals surface area contributed by atoms with Gasteiger partial charge in [0.05, 0.1) is 13.2 Å². The van der Waals surface area contributed by atoms with Crippen molar-refractivity contribution in [3.63, 3.8) is 0 Å². The number of unbranched alkanes of at least 4 members (excludes halogenated alkanes) is 12. The van der Waals surface area contributed by atoms with Gasteiger partial charge in [0, 0.05) is 12.8 Å². The quantitative estimate of drug-likeness (QED) is 0.0325. The number of rotatable bonds is 31. The largest absolute Gasteiger partial charge is 0.462 e. The third kappa shape index (κ3) is 24.5. The molecule has 4 N–H and O–H groups in total. The van der Waals surface area contributed by atoms with Crippen molar-refractivity contribution in [2.75, 3.05) is 19.8 Å². The first-order chi connectivity index (χ1) is 24.8. The lowest BCUT2D eigenvalue weighted by atomic mass is 9.99. The van der Waals surface area contributed by atoms with Gasteiger partial charge < -0.3 is 39.4 Å². The van der Waals surface area contributed by atoms with Crippen molar-refractivity contribution in [1.29, 1.82) is 0 Å². The molecule has 0 aromatic heterocycles. The van der Waals surface area contributed by atoms with Crippen molar-refractivity contribution in [1.82, 2.24) is 0 Å². The molecule has 1 saturated heterocycles. The van der Waals surface area contributed by atoms with E-state index in [1.807, 2.05) is 0 Å². The minimum Gasteiger partial charge on any atom is -0.462 e. The van der Waals surface area contributed by atoms with Crippen molar-refractivity contribution in [3.8, 4) is 0 Å². The van der Waals surface area contributed by atoms with E-state index in [0.29, 0.717) is 12.8 Å². The molecule has 1 rings (SSSR count). The molecule has 1 aliphatic rings. The van der Waals surface area contributed by atoms with Crippen LogP contribution in [-0.4, -0.2) is 89.0 Å². The molecule has 0 spiro atoms. The Hall–Kier alpha value is -2.34. The summed E-state index contributed by atoms with van der Waals surface area (Å²) in [5, 5.41) is 39.9. The van der Waals surface area contributed by atoms with E-state index in [1.54, 1.807) is 0 Å². The van der Waals surface area contributed by atoms with Gasteiger partial charge in [0.2, 0.25) is 0 Å². The van der Waals surface area contributed by atoms with Crippen LogP contribution in [0, 0.1) is 0 Å². The first-order valence-corrected chi connectivity index (χ1v) is 19.7. The highest BCUT2D eigenvalue weighted by atomic mass is 16.7. The first kappa shape index (κ1) is 46.7. The normalized spacial score (nSPS) is 21.7. The molecule has 1 aliphatic heterocycles. The van der Waals surface area contributed by atoms with Gasteiger partial charge in [0.15, 0.2) is 12.4 Å². The van der Waals surface area contributed by atoms with Crippen molar-refractivity contribution in [3.05, 3.63) is 48.6 Å². The molecule has 0 saturated carbocycles. The molecular formula is C41H70O10. The zero-order valence-electron chi connectivity index (χ0n) is 31.6. The number of allylic oxidation sites excluding steroid dienone is 8. The van der Waals surface area contributed by atoms with Crippen LogP contribution in [0.2, 0.25) is 0 Å². The summed E-state index contributed by atoms with van der Waals surface area (Å²) in [5.41, 5.74) is 0. The number of ether oxygens (including phenoxy) is 4. The summed E-state index contributed by atoms with van der Waals surface area (Å²) in [7, 11) is 0. The Balaban J connectivity index is 2.43. The Morgan fingerprint density at radius 1 is 0.608 bits per heavy atom. The molecule has 0 aromatic carbocycles. The average molecular weight is 723 g/mol. The summed E-state index contributed by atoms with van der Waals surface area (Å²) in [6.45, 7) is 3.27. The Morgan fingerprint density at radius 2 is 1.12 bits per heavy atom. The maximum atomic E-state index is 12.7. The molecule has 51 heavy (non-hydrogen) atoms. The van der Waals surface area contributed by atoms with E-state index in [-0.39, 0.29) is 26.1 Å². The van der Waals surface area contributed by atoms with Gasteiger partial charge in [-0.2, -0.15) is 0 Å². The molecule has 6 atom stereocenters. The first-order valence-electron chi connectivity index (χ1n) is 19.7. The fraction of sp³-hybridized carbons (Fsp3) is 0.756. The fourth-order valence-corrected chi connectivity index (χ4v) is 5.47. The number of carbonyl (C=O) groups is 2. The standard InChI is InChI=1S/C41H70O10/c1-3-5-7-9-11-13-15-16-17-18-20-21-23-25-27-29-36(43)48-32-34(33-49-41-40(47)39(46)38(45)35(31-42)51-41)50-37(44)30-28-26-24-22-19-14-12-10-8-6-4-2/h10-13,16-17,20-21,34-35,38-42,45-47H,3-9,14-15,18-19,22-33H2,1-2H3/b12-10+,13-11+,17-16+,21-20+/t34-,35-,38+,39?,40?,41-/m0/s1. The van der Waals surface area contributed by atoms with Gasteiger partial charge in [-0.3, -0.25) is 9.59 Å². The van der Waals surface area contributed by atoms with Crippen LogP contribution in [0.3, 0.4) is 0 Å². The third-order valence-electron chi connectivity index (χ3n) is 8.69.